The van der Waals surface area contributed by atoms with Gasteiger partial charge in [0.25, 0.3) is 0 Å². The number of rotatable bonds is 5. The molecule has 5 heteroatoms. The molecule has 2 aliphatic heterocycles. The Morgan fingerprint density at radius 2 is 1.46 bits per heavy atom. The fourth-order valence-corrected chi connectivity index (χ4v) is 4.15. The van der Waals surface area contributed by atoms with Crippen molar-refractivity contribution in [2.24, 2.45) is 5.92 Å². The van der Waals surface area contributed by atoms with E-state index in [1.165, 1.54) is 0 Å². The molecule has 140 valence electrons. The first kappa shape index (κ1) is 19.7. The van der Waals surface area contributed by atoms with Gasteiger partial charge in [-0.05, 0) is 41.2 Å². The molecule has 0 radical (unpaired) electrons. The summed E-state index contributed by atoms with van der Waals surface area (Å²) in [6, 6.07) is 0.579. The molecular formula is C19H38N4O. The van der Waals surface area contributed by atoms with E-state index >= 15 is 0 Å². The second kappa shape index (κ2) is 8.15. The Morgan fingerprint density at radius 1 is 0.917 bits per heavy atom. The van der Waals surface area contributed by atoms with Crippen molar-refractivity contribution in [3.63, 3.8) is 0 Å². The quantitative estimate of drug-likeness (QED) is 0.762. The second-order valence-corrected chi connectivity index (χ2v) is 8.66. The van der Waals surface area contributed by atoms with E-state index in [0.29, 0.717) is 11.9 Å². The van der Waals surface area contributed by atoms with Crippen molar-refractivity contribution in [3.8, 4) is 0 Å². The molecule has 0 aromatic rings. The highest BCUT2D eigenvalue weighted by Crippen LogP contribution is 2.26. The zero-order valence-electron chi connectivity index (χ0n) is 16.7. The largest absolute Gasteiger partial charge is 0.340 e. The molecule has 2 rings (SSSR count). The van der Waals surface area contributed by atoms with Gasteiger partial charge in [-0.1, -0.05) is 6.92 Å². The van der Waals surface area contributed by atoms with Crippen LogP contribution in [-0.2, 0) is 4.79 Å². The Bertz CT molecular complexity index is 408. The average molecular weight is 339 g/mol. The lowest BCUT2D eigenvalue weighted by Gasteiger charge is -2.45. The van der Waals surface area contributed by atoms with Crippen LogP contribution in [0.5, 0.6) is 0 Å². The number of carbonyl (C=O) groups excluding carboxylic acids is 1. The summed E-state index contributed by atoms with van der Waals surface area (Å²) in [6.45, 7) is 19.5. The number of likely N-dealkylation sites (N-methyl/N-ethyl adjacent to an activating group) is 1. The Morgan fingerprint density at radius 3 is 1.96 bits per heavy atom. The molecule has 0 aliphatic carbocycles. The minimum atomic E-state index is 0.0933. The molecule has 2 heterocycles. The molecule has 5 nitrogen and oxygen atoms in total. The van der Waals surface area contributed by atoms with Crippen molar-refractivity contribution in [3.05, 3.63) is 0 Å². The average Bonchev–Trinajstić information content (AvgIpc) is 2.54. The fourth-order valence-electron chi connectivity index (χ4n) is 4.15. The minimum Gasteiger partial charge on any atom is -0.340 e. The standard InChI is InChI=1S/C19H38N4O/c1-16(2)21-9-11-22(12-10-21)18(24)17(3)15-19(4,5)23-13-7-20(6)8-14-23/h16-17H,7-15H2,1-6H3. The van der Waals surface area contributed by atoms with Gasteiger partial charge in [-0.25, -0.2) is 0 Å². The van der Waals surface area contributed by atoms with E-state index in [4.69, 9.17) is 0 Å². The van der Waals surface area contributed by atoms with Crippen LogP contribution in [0.1, 0.15) is 41.0 Å². The highest BCUT2D eigenvalue weighted by atomic mass is 16.2. The molecule has 1 unspecified atom stereocenters. The number of piperazine rings is 2. The number of hydrogen-bond donors (Lipinski definition) is 0. The van der Waals surface area contributed by atoms with E-state index in [0.717, 1.165) is 58.8 Å². The van der Waals surface area contributed by atoms with E-state index < -0.39 is 0 Å². The molecule has 0 aromatic heterocycles. The Kier molecular flexibility index (Phi) is 6.68. The van der Waals surface area contributed by atoms with Crippen molar-refractivity contribution >= 4 is 5.91 Å². The topological polar surface area (TPSA) is 30.0 Å². The van der Waals surface area contributed by atoms with E-state index in [1.807, 2.05) is 0 Å². The molecule has 24 heavy (non-hydrogen) atoms. The molecule has 1 atom stereocenters. The van der Waals surface area contributed by atoms with Crippen molar-refractivity contribution in [2.75, 3.05) is 59.4 Å². The lowest BCUT2D eigenvalue weighted by molar-refractivity contribution is -0.138. The third-order valence-corrected chi connectivity index (χ3v) is 5.94. The molecule has 0 aromatic carbocycles. The van der Waals surface area contributed by atoms with E-state index in [9.17, 15) is 4.79 Å². The SMILES string of the molecule is CC(CC(C)(C)N1CCN(C)CC1)C(=O)N1CCN(C(C)C)CC1. The zero-order valence-corrected chi connectivity index (χ0v) is 16.7. The highest BCUT2D eigenvalue weighted by molar-refractivity contribution is 5.78. The summed E-state index contributed by atoms with van der Waals surface area (Å²) < 4.78 is 0. The predicted octanol–water partition coefficient (Wildman–Crippen LogP) is 1.59. The lowest BCUT2D eigenvalue weighted by Crippen LogP contribution is -2.56. The second-order valence-electron chi connectivity index (χ2n) is 8.66. The molecule has 2 aliphatic rings. The van der Waals surface area contributed by atoms with Crippen LogP contribution >= 0.6 is 0 Å². The van der Waals surface area contributed by atoms with Crippen LogP contribution in [0.3, 0.4) is 0 Å². The van der Waals surface area contributed by atoms with Gasteiger partial charge in [-0.3, -0.25) is 14.6 Å². The molecule has 0 N–H and O–H groups in total. The van der Waals surface area contributed by atoms with Crippen LogP contribution in [0.15, 0.2) is 0 Å². The van der Waals surface area contributed by atoms with Crippen molar-refractivity contribution < 1.29 is 4.79 Å². The van der Waals surface area contributed by atoms with E-state index in [-0.39, 0.29) is 11.5 Å². The van der Waals surface area contributed by atoms with Crippen molar-refractivity contribution in [1.29, 1.82) is 0 Å². The number of amides is 1. The van der Waals surface area contributed by atoms with Crippen LogP contribution in [-0.4, -0.2) is 96.5 Å². The van der Waals surface area contributed by atoms with Crippen molar-refractivity contribution in [2.45, 2.75) is 52.6 Å². The first-order chi connectivity index (χ1) is 11.2. The van der Waals surface area contributed by atoms with Gasteiger partial charge in [-0.2, -0.15) is 0 Å². The van der Waals surface area contributed by atoms with Gasteiger partial charge in [0.05, 0.1) is 0 Å². The summed E-state index contributed by atoms with van der Waals surface area (Å²) in [7, 11) is 2.19. The number of hydrogen-bond acceptors (Lipinski definition) is 4. The summed E-state index contributed by atoms with van der Waals surface area (Å²) in [5.41, 5.74) is 0.0933. The number of nitrogens with zero attached hydrogens (tertiary/aromatic N) is 4. The smallest absolute Gasteiger partial charge is 0.225 e. The maximum atomic E-state index is 12.9. The van der Waals surface area contributed by atoms with Crippen LogP contribution in [0, 0.1) is 5.92 Å². The molecule has 1 amide bonds. The maximum Gasteiger partial charge on any atom is 0.225 e. The van der Waals surface area contributed by atoms with E-state index in [2.05, 4.69) is 61.3 Å². The first-order valence-electron chi connectivity index (χ1n) is 9.67. The van der Waals surface area contributed by atoms with Crippen LogP contribution in [0.4, 0.5) is 0 Å². The predicted molar refractivity (Wildman–Crippen MR) is 100 cm³/mol. The van der Waals surface area contributed by atoms with Crippen LogP contribution < -0.4 is 0 Å². The summed E-state index contributed by atoms with van der Waals surface area (Å²) >= 11 is 0. The summed E-state index contributed by atoms with van der Waals surface area (Å²) in [4.78, 5) is 22.4. The van der Waals surface area contributed by atoms with Gasteiger partial charge in [0.1, 0.15) is 0 Å². The maximum absolute atomic E-state index is 12.9. The van der Waals surface area contributed by atoms with Gasteiger partial charge >= 0.3 is 0 Å². The fraction of sp³-hybridized carbons (Fsp3) is 0.947. The van der Waals surface area contributed by atoms with Crippen LogP contribution in [0.25, 0.3) is 0 Å². The monoisotopic (exact) mass is 338 g/mol. The summed E-state index contributed by atoms with van der Waals surface area (Å²) in [5.74, 6) is 0.450. The van der Waals surface area contributed by atoms with Gasteiger partial charge < -0.3 is 9.80 Å². The number of carbonyl (C=O) groups is 1. The molecule has 2 fully saturated rings. The summed E-state index contributed by atoms with van der Waals surface area (Å²) in [5, 5.41) is 0. The van der Waals surface area contributed by atoms with Gasteiger partial charge in [0, 0.05) is 69.9 Å². The van der Waals surface area contributed by atoms with E-state index in [1.54, 1.807) is 0 Å². The van der Waals surface area contributed by atoms with Crippen molar-refractivity contribution in [1.82, 2.24) is 19.6 Å². The third kappa shape index (κ3) is 4.93. The Labute approximate surface area is 148 Å². The zero-order chi connectivity index (χ0) is 17.9. The molecule has 0 spiro atoms. The third-order valence-electron chi connectivity index (χ3n) is 5.94. The highest BCUT2D eigenvalue weighted by Gasteiger charge is 2.34. The molecular weight excluding hydrogens is 300 g/mol. The normalized spacial score (nSPS) is 23.7. The van der Waals surface area contributed by atoms with Crippen LogP contribution in [0.2, 0.25) is 0 Å². The molecule has 0 bridgehead atoms. The van der Waals surface area contributed by atoms with Gasteiger partial charge in [0.2, 0.25) is 5.91 Å². The minimum absolute atomic E-state index is 0.0933. The Hall–Kier alpha value is -0.650. The first-order valence-corrected chi connectivity index (χ1v) is 9.67. The Balaban J connectivity index is 1.84. The molecule has 0 saturated carbocycles. The van der Waals surface area contributed by atoms with Gasteiger partial charge in [-0.15, -0.1) is 0 Å². The van der Waals surface area contributed by atoms with Gasteiger partial charge in [0.15, 0.2) is 0 Å². The molecule has 2 saturated heterocycles. The summed E-state index contributed by atoms with van der Waals surface area (Å²) in [6.07, 6.45) is 0.944. The lowest BCUT2D eigenvalue weighted by atomic mass is 9.88.